The molecule has 162 valence electrons. The number of aromatic nitrogens is 1. The van der Waals surface area contributed by atoms with E-state index in [-0.39, 0.29) is 24.8 Å². The van der Waals surface area contributed by atoms with Crippen molar-refractivity contribution >= 4 is 39.9 Å². The number of carbonyl (C=O) groups is 2. The van der Waals surface area contributed by atoms with Crippen molar-refractivity contribution in [1.82, 2.24) is 10.3 Å². The highest BCUT2D eigenvalue weighted by atomic mass is 35.5. The van der Waals surface area contributed by atoms with Crippen molar-refractivity contribution in [3.05, 3.63) is 64.5 Å². The highest BCUT2D eigenvalue weighted by molar-refractivity contribution is 7.14. The maximum Gasteiger partial charge on any atom is 0.229 e. The summed E-state index contributed by atoms with van der Waals surface area (Å²) in [5, 5.41) is 8.74. The number of rotatable bonds is 10. The Labute approximate surface area is 190 Å². The van der Waals surface area contributed by atoms with Gasteiger partial charge >= 0.3 is 0 Å². The third-order valence-electron chi connectivity index (χ3n) is 4.43. The van der Waals surface area contributed by atoms with Gasteiger partial charge in [-0.3, -0.25) is 9.59 Å². The molecule has 2 aromatic carbocycles. The van der Waals surface area contributed by atoms with E-state index in [1.165, 1.54) is 23.8 Å². The SMILES string of the molecule is CC(=O)NCCCc1ccc(-c2csc(NC(=O)CCOc3ccc(Cl)cc3)n2)cc1. The fourth-order valence-electron chi connectivity index (χ4n) is 2.84. The highest BCUT2D eigenvalue weighted by Crippen LogP contribution is 2.25. The molecule has 0 saturated carbocycles. The number of halogens is 1. The molecule has 0 bridgehead atoms. The van der Waals surface area contributed by atoms with E-state index >= 15 is 0 Å². The van der Waals surface area contributed by atoms with Gasteiger partial charge < -0.3 is 15.4 Å². The van der Waals surface area contributed by atoms with Crippen LogP contribution in [0.3, 0.4) is 0 Å². The van der Waals surface area contributed by atoms with Crippen LogP contribution in [0.1, 0.15) is 25.3 Å². The minimum atomic E-state index is -0.149. The van der Waals surface area contributed by atoms with Crippen molar-refractivity contribution in [2.45, 2.75) is 26.2 Å². The fourth-order valence-corrected chi connectivity index (χ4v) is 3.70. The molecule has 0 unspecified atom stereocenters. The van der Waals surface area contributed by atoms with Crippen LogP contribution in [0.25, 0.3) is 11.3 Å². The van der Waals surface area contributed by atoms with Gasteiger partial charge in [0.05, 0.1) is 18.7 Å². The molecule has 6 nitrogen and oxygen atoms in total. The third-order valence-corrected chi connectivity index (χ3v) is 5.44. The zero-order valence-electron chi connectivity index (χ0n) is 17.2. The first kappa shape index (κ1) is 22.8. The Morgan fingerprint density at radius 2 is 1.84 bits per heavy atom. The van der Waals surface area contributed by atoms with Gasteiger partial charge in [0.15, 0.2) is 5.13 Å². The quantitative estimate of drug-likeness (QED) is 0.422. The molecule has 0 atom stereocenters. The largest absolute Gasteiger partial charge is 0.493 e. The fraction of sp³-hybridized carbons (Fsp3) is 0.261. The number of nitrogens with zero attached hydrogens (tertiary/aromatic N) is 1. The number of benzene rings is 2. The highest BCUT2D eigenvalue weighted by Gasteiger charge is 2.09. The average molecular weight is 458 g/mol. The summed E-state index contributed by atoms with van der Waals surface area (Å²) in [6.45, 7) is 2.47. The lowest BCUT2D eigenvalue weighted by molar-refractivity contribution is -0.119. The summed E-state index contributed by atoms with van der Waals surface area (Å²) < 4.78 is 5.54. The van der Waals surface area contributed by atoms with Gasteiger partial charge in [-0.25, -0.2) is 4.98 Å². The Morgan fingerprint density at radius 1 is 1.10 bits per heavy atom. The van der Waals surface area contributed by atoms with Crippen LogP contribution in [0.2, 0.25) is 5.02 Å². The molecule has 3 aromatic rings. The number of carbonyl (C=O) groups excluding carboxylic acids is 2. The summed E-state index contributed by atoms with van der Waals surface area (Å²) in [5.41, 5.74) is 3.02. The van der Waals surface area contributed by atoms with Gasteiger partial charge in [0.2, 0.25) is 11.8 Å². The molecule has 31 heavy (non-hydrogen) atoms. The Balaban J connectivity index is 1.44. The Bertz CT molecular complexity index is 1000. The molecule has 1 heterocycles. The van der Waals surface area contributed by atoms with Crippen LogP contribution in [0, 0.1) is 0 Å². The Kier molecular flexibility index (Phi) is 8.44. The molecule has 0 aliphatic rings. The standard InChI is InChI=1S/C23H24ClN3O3S/c1-16(28)25-13-2-3-17-4-6-18(7-5-17)21-15-31-23(26-21)27-22(29)12-14-30-20-10-8-19(24)9-11-20/h4-11,15H,2-3,12-14H2,1H3,(H,25,28)(H,26,27,29). The number of anilines is 1. The first-order valence-electron chi connectivity index (χ1n) is 9.97. The number of thiazole rings is 1. The summed E-state index contributed by atoms with van der Waals surface area (Å²) in [6, 6.07) is 15.2. The smallest absolute Gasteiger partial charge is 0.229 e. The molecule has 2 amide bonds. The van der Waals surface area contributed by atoms with Crippen LogP contribution in [-0.2, 0) is 16.0 Å². The van der Waals surface area contributed by atoms with Gasteiger partial charge in [0.1, 0.15) is 5.75 Å². The van der Waals surface area contributed by atoms with Crippen molar-refractivity contribution < 1.29 is 14.3 Å². The predicted octanol–water partition coefficient (Wildman–Crippen LogP) is 4.94. The molecule has 0 aliphatic heterocycles. The number of hydrogen-bond donors (Lipinski definition) is 2. The summed E-state index contributed by atoms with van der Waals surface area (Å²) in [5.74, 6) is 0.521. The van der Waals surface area contributed by atoms with Crippen molar-refractivity contribution in [3.63, 3.8) is 0 Å². The number of aryl methyl sites for hydroxylation is 1. The van der Waals surface area contributed by atoms with Crippen LogP contribution in [0.4, 0.5) is 5.13 Å². The zero-order chi connectivity index (χ0) is 22.1. The maximum atomic E-state index is 12.1. The molecule has 8 heteroatoms. The molecular formula is C23H24ClN3O3S. The lowest BCUT2D eigenvalue weighted by Gasteiger charge is -2.06. The van der Waals surface area contributed by atoms with Crippen molar-refractivity contribution in [2.75, 3.05) is 18.5 Å². The van der Waals surface area contributed by atoms with E-state index in [1.807, 2.05) is 17.5 Å². The normalized spacial score (nSPS) is 10.5. The number of ether oxygens (including phenoxy) is 1. The van der Waals surface area contributed by atoms with E-state index in [9.17, 15) is 9.59 Å². The maximum absolute atomic E-state index is 12.1. The second-order valence-corrected chi connectivity index (χ2v) is 8.22. The van der Waals surface area contributed by atoms with E-state index in [2.05, 4.69) is 27.8 Å². The van der Waals surface area contributed by atoms with Crippen molar-refractivity contribution in [1.29, 1.82) is 0 Å². The van der Waals surface area contributed by atoms with E-state index in [0.717, 1.165) is 24.1 Å². The molecule has 0 fully saturated rings. The monoisotopic (exact) mass is 457 g/mol. The van der Waals surface area contributed by atoms with Crippen molar-refractivity contribution in [2.24, 2.45) is 0 Å². The molecular weight excluding hydrogens is 434 g/mol. The minimum absolute atomic E-state index is 0.00384. The van der Waals surface area contributed by atoms with Gasteiger partial charge in [0.25, 0.3) is 0 Å². The minimum Gasteiger partial charge on any atom is -0.493 e. The molecule has 0 saturated heterocycles. The zero-order valence-corrected chi connectivity index (χ0v) is 18.8. The van der Waals surface area contributed by atoms with Crippen LogP contribution in [0.5, 0.6) is 5.75 Å². The predicted molar refractivity (Wildman–Crippen MR) is 125 cm³/mol. The Hall–Kier alpha value is -2.90. The van der Waals surface area contributed by atoms with E-state index in [0.29, 0.717) is 22.4 Å². The molecule has 0 aliphatic carbocycles. The van der Waals surface area contributed by atoms with Crippen LogP contribution in [0.15, 0.2) is 53.9 Å². The molecule has 1 aromatic heterocycles. The Morgan fingerprint density at radius 3 is 2.55 bits per heavy atom. The first-order valence-corrected chi connectivity index (χ1v) is 11.2. The summed E-state index contributed by atoms with van der Waals surface area (Å²) >= 11 is 7.23. The van der Waals surface area contributed by atoms with Gasteiger partial charge in [-0.1, -0.05) is 35.9 Å². The lowest BCUT2D eigenvalue weighted by atomic mass is 10.1. The summed E-state index contributed by atoms with van der Waals surface area (Å²) in [4.78, 5) is 27.5. The van der Waals surface area contributed by atoms with Gasteiger partial charge in [0, 0.05) is 29.4 Å². The van der Waals surface area contributed by atoms with E-state index in [4.69, 9.17) is 16.3 Å². The average Bonchev–Trinajstić information content (AvgIpc) is 3.21. The molecule has 2 N–H and O–H groups in total. The number of amides is 2. The van der Waals surface area contributed by atoms with Crippen molar-refractivity contribution in [3.8, 4) is 17.0 Å². The van der Waals surface area contributed by atoms with Crippen LogP contribution >= 0.6 is 22.9 Å². The third kappa shape index (κ3) is 7.70. The topological polar surface area (TPSA) is 80.3 Å². The second-order valence-electron chi connectivity index (χ2n) is 6.92. The van der Waals surface area contributed by atoms with Gasteiger partial charge in [-0.2, -0.15) is 0 Å². The number of nitrogens with one attached hydrogen (secondary N) is 2. The second kappa shape index (κ2) is 11.5. The summed E-state index contributed by atoms with van der Waals surface area (Å²) in [6.07, 6.45) is 2.02. The molecule has 0 radical (unpaired) electrons. The lowest BCUT2D eigenvalue weighted by Crippen LogP contribution is -2.21. The van der Waals surface area contributed by atoms with E-state index < -0.39 is 0 Å². The molecule has 3 rings (SSSR count). The summed E-state index contributed by atoms with van der Waals surface area (Å²) in [7, 11) is 0. The number of hydrogen-bond acceptors (Lipinski definition) is 5. The van der Waals surface area contributed by atoms with Gasteiger partial charge in [-0.05, 0) is 42.7 Å². The van der Waals surface area contributed by atoms with E-state index in [1.54, 1.807) is 24.3 Å². The van der Waals surface area contributed by atoms with Crippen LogP contribution in [-0.4, -0.2) is 29.9 Å². The van der Waals surface area contributed by atoms with Crippen LogP contribution < -0.4 is 15.4 Å². The first-order chi connectivity index (χ1) is 15.0. The molecule has 0 spiro atoms. The van der Waals surface area contributed by atoms with Gasteiger partial charge in [-0.15, -0.1) is 11.3 Å².